The van der Waals surface area contributed by atoms with Gasteiger partial charge >= 0.3 is 5.38 Å². The summed E-state index contributed by atoms with van der Waals surface area (Å²) in [4.78, 5) is 0. The van der Waals surface area contributed by atoms with Gasteiger partial charge in [0.05, 0.1) is 5.88 Å². The zero-order valence-electron chi connectivity index (χ0n) is 5.15. The summed E-state index contributed by atoms with van der Waals surface area (Å²) in [7, 11) is 0. The van der Waals surface area contributed by atoms with Gasteiger partial charge in [-0.25, -0.2) is 0 Å². The number of aromatic nitrogens is 1. The number of hydrogen-bond donors (Lipinski definition) is 0. The minimum absolute atomic E-state index is 0.0000309. The molecule has 0 saturated heterocycles. The second-order valence-corrected chi connectivity index (χ2v) is 2.55. The summed E-state index contributed by atoms with van der Waals surface area (Å²) in [5, 5.41) is -0.461. The summed E-state index contributed by atoms with van der Waals surface area (Å²) in [6.07, 6.45) is 0. The van der Waals surface area contributed by atoms with Crippen LogP contribution < -0.4 is 0 Å². The molecule has 0 fully saturated rings. The first kappa shape index (κ1) is 8.74. The van der Waals surface area contributed by atoms with Crippen molar-refractivity contribution in [3.8, 4) is 0 Å². The highest BCUT2D eigenvalue weighted by molar-refractivity contribution is 6.21. The van der Waals surface area contributed by atoms with Crippen LogP contribution in [-0.4, -0.2) is 5.16 Å². The van der Waals surface area contributed by atoms with Crippen molar-refractivity contribution < 1.29 is 13.3 Å². The lowest BCUT2D eigenvalue weighted by Crippen LogP contribution is -2.02. The maximum absolute atomic E-state index is 12.2. The summed E-state index contributed by atoms with van der Waals surface area (Å²) in [5.74, 6) is 0.168. The molecule has 0 amide bonds. The Morgan fingerprint density at radius 1 is 1.64 bits per heavy atom. The molecular weight excluding hydrogens is 199 g/mol. The minimum atomic E-state index is -3.48. The number of alkyl halides is 4. The molecule has 0 saturated carbocycles. The van der Waals surface area contributed by atoms with E-state index >= 15 is 0 Å². The summed E-state index contributed by atoms with van der Waals surface area (Å²) >= 11 is 9.90. The molecule has 0 bridgehead atoms. The molecule has 0 aliphatic carbocycles. The van der Waals surface area contributed by atoms with E-state index in [-0.39, 0.29) is 11.6 Å². The maximum atomic E-state index is 12.2. The maximum Gasteiger partial charge on any atom is 0.368 e. The third-order valence-corrected chi connectivity index (χ3v) is 1.44. The number of halogens is 4. The van der Waals surface area contributed by atoms with Gasteiger partial charge in [-0.2, -0.15) is 8.78 Å². The fourth-order valence-corrected chi connectivity index (χ4v) is 0.725. The number of rotatable bonds is 2. The number of nitrogens with zero attached hydrogens (tertiary/aromatic N) is 1. The SMILES string of the molecule is FC(F)(Cl)c1cc(CCl)on1. The molecule has 0 aliphatic heterocycles. The van der Waals surface area contributed by atoms with Gasteiger partial charge in [0.1, 0.15) is 0 Å². The largest absolute Gasteiger partial charge is 0.368 e. The molecule has 0 atom stereocenters. The van der Waals surface area contributed by atoms with Gasteiger partial charge in [-0.3, -0.25) is 0 Å². The van der Waals surface area contributed by atoms with E-state index in [4.69, 9.17) is 11.6 Å². The van der Waals surface area contributed by atoms with Gasteiger partial charge < -0.3 is 4.52 Å². The molecule has 0 aromatic carbocycles. The number of hydrogen-bond acceptors (Lipinski definition) is 2. The fourth-order valence-electron chi connectivity index (χ4n) is 0.510. The van der Waals surface area contributed by atoms with Crippen LogP contribution in [0.4, 0.5) is 8.78 Å². The standard InChI is InChI=1S/C5H3Cl2F2NO/c6-2-3-1-4(10-11-3)5(7,8)9/h1H,2H2. The predicted octanol–water partition coefficient (Wildman–Crippen LogP) is 2.70. The Hall–Kier alpha value is -0.350. The van der Waals surface area contributed by atoms with Crippen LogP contribution in [0, 0.1) is 0 Å². The Balaban J connectivity index is 2.89. The highest BCUT2D eigenvalue weighted by atomic mass is 35.5. The molecule has 62 valence electrons. The molecule has 1 heterocycles. The first-order valence-electron chi connectivity index (χ1n) is 2.63. The first-order valence-corrected chi connectivity index (χ1v) is 3.54. The van der Waals surface area contributed by atoms with Crippen molar-refractivity contribution in [3.63, 3.8) is 0 Å². The van der Waals surface area contributed by atoms with Crippen LogP contribution >= 0.6 is 23.2 Å². The Morgan fingerprint density at radius 2 is 2.27 bits per heavy atom. The molecule has 11 heavy (non-hydrogen) atoms. The Bertz CT molecular complexity index is 245. The summed E-state index contributed by atoms with van der Waals surface area (Å²) in [6, 6.07) is 1.01. The molecule has 2 nitrogen and oxygen atoms in total. The van der Waals surface area contributed by atoms with Crippen molar-refractivity contribution in [1.82, 2.24) is 5.16 Å². The van der Waals surface area contributed by atoms with Crippen LogP contribution in [-0.2, 0) is 11.3 Å². The van der Waals surface area contributed by atoms with Crippen molar-refractivity contribution in [2.75, 3.05) is 0 Å². The third-order valence-electron chi connectivity index (χ3n) is 0.981. The van der Waals surface area contributed by atoms with Crippen LogP contribution in [0.3, 0.4) is 0 Å². The van der Waals surface area contributed by atoms with E-state index in [9.17, 15) is 8.78 Å². The molecule has 6 heteroatoms. The predicted molar refractivity (Wildman–Crippen MR) is 35.8 cm³/mol. The lowest BCUT2D eigenvalue weighted by atomic mass is 10.4. The first-order chi connectivity index (χ1) is 5.04. The van der Waals surface area contributed by atoms with E-state index in [0.29, 0.717) is 0 Å². The second-order valence-electron chi connectivity index (χ2n) is 1.81. The van der Waals surface area contributed by atoms with Crippen molar-refractivity contribution >= 4 is 23.2 Å². The van der Waals surface area contributed by atoms with E-state index in [0.717, 1.165) is 6.07 Å². The van der Waals surface area contributed by atoms with Crippen molar-refractivity contribution in [2.45, 2.75) is 11.3 Å². The lowest BCUT2D eigenvalue weighted by molar-refractivity contribution is 0.0856. The average Bonchev–Trinajstić information content (AvgIpc) is 2.32. The Kier molecular flexibility index (Phi) is 2.34. The van der Waals surface area contributed by atoms with Gasteiger partial charge in [-0.05, 0) is 11.6 Å². The zero-order chi connectivity index (χ0) is 8.48. The lowest BCUT2D eigenvalue weighted by Gasteiger charge is -1.99. The van der Waals surface area contributed by atoms with Crippen LogP contribution in [0.5, 0.6) is 0 Å². The monoisotopic (exact) mass is 201 g/mol. The molecule has 1 aromatic heterocycles. The van der Waals surface area contributed by atoms with Gasteiger partial charge in [0.15, 0.2) is 11.5 Å². The Labute approximate surface area is 71.1 Å². The quantitative estimate of drug-likeness (QED) is 0.689. The van der Waals surface area contributed by atoms with E-state index in [1.807, 2.05) is 0 Å². The summed E-state index contributed by atoms with van der Waals surface area (Å²) in [6.45, 7) is 0. The van der Waals surface area contributed by atoms with E-state index in [1.165, 1.54) is 0 Å². The van der Waals surface area contributed by atoms with Crippen molar-refractivity contribution in [2.24, 2.45) is 0 Å². The molecule has 1 aromatic rings. The second kappa shape index (κ2) is 2.95. The zero-order valence-corrected chi connectivity index (χ0v) is 6.66. The van der Waals surface area contributed by atoms with Gasteiger partial charge in [-0.1, -0.05) is 5.16 Å². The summed E-state index contributed by atoms with van der Waals surface area (Å²) in [5.41, 5.74) is -0.616. The van der Waals surface area contributed by atoms with Crippen LogP contribution in [0.15, 0.2) is 10.6 Å². The van der Waals surface area contributed by atoms with E-state index in [2.05, 4.69) is 21.3 Å². The van der Waals surface area contributed by atoms with E-state index in [1.54, 1.807) is 0 Å². The molecule has 1 rings (SSSR count). The van der Waals surface area contributed by atoms with Crippen LogP contribution in [0.2, 0.25) is 0 Å². The van der Waals surface area contributed by atoms with Gasteiger partial charge in [0.25, 0.3) is 0 Å². The highest BCUT2D eigenvalue weighted by Gasteiger charge is 2.32. The normalized spacial score (nSPS) is 12.0. The van der Waals surface area contributed by atoms with Crippen LogP contribution in [0.1, 0.15) is 11.5 Å². The smallest absolute Gasteiger partial charge is 0.360 e. The van der Waals surface area contributed by atoms with Crippen molar-refractivity contribution in [3.05, 3.63) is 17.5 Å². The Morgan fingerprint density at radius 3 is 2.55 bits per heavy atom. The fraction of sp³-hybridized carbons (Fsp3) is 0.400. The molecule has 0 spiro atoms. The van der Waals surface area contributed by atoms with Gasteiger partial charge in [0.2, 0.25) is 0 Å². The van der Waals surface area contributed by atoms with Gasteiger partial charge in [-0.15, -0.1) is 11.6 Å². The summed E-state index contributed by atoms with van der Waals surface area (Å²) < 4.78 is 28.8. The topological polar surface area (TPSA) is 26.0 Å². The van der Waals surface area contributed by atoms with Crippen LogP contribution in [0.25, 0.3) is 0 Å². The minimum Gasteiger partial charge on any atom is -0.360 e. The molecular formula is C5H3Cl2F2NO. The third kappa shape index (κ3) is 2.04. The molecule has 0 aliphatic rings. The molecule has 0 N–H and O–H groups in total. The van der Waals surface area contributed by atoms with E-state index < -0.39 is 11.1 Å². The van der Waals surface area contributed by atoms with Gasteiger partial charge in [0, 0.05) is 6.07 Å². The highest BCUT2D eigenvalue weighted by Crippen LogP contribution is 2.31. The molecule has 0 unspecified atom stereocenters. The average molecular weight is 202 g/mol. The molecule has 0 radical (unpaired) electrons. The van der Waals surface area contributed by atoms with Crippen molar-refractivity contribution in [1.29, 1.82) is 0 Å².